The van der Waals surface area contributed by atoms with Crippen LogP contribution in [0.15, 0.2) is 18.6 Å². The average Bonchev–Trinajstić information content (AvgIpc) is 2.82. The van der Waals surface area contributed by atoms with Gasteiger partial charge in [-0.3, -0.25) is 4.79 Å². The van der Waals surface area contributed by atoms with E-state index in [9.17, 15) is 4.79 Å². The topological polar surface area (TPSA) is 85.8 Å². The maximum absolute atomic E-state index is 12.1. The fourth-order valence-corrected chi connectivity index (χ4v) is 2.25. The number of nitrogens with one attached hydrogen (secondary N) is 1. The van der Waals surface area contributed by atoms with Gasteiger partial charge in [0.1, 0.15) is 10.8 Å². The zero-order valence-corrected chi connectivity index (χ0v) is 12.2. The van der Waals surface area contributed by atoms with Crippen molar-refractivity contribution in [3.8, 4) is 0 Å². The smallest absolute Gasteiger partial charge is 0.275 e. The second-order valence-corrected chi connectivity index (χ2v) is 4.91. The van der Waals surface area contributed by atoms with Gasteiger partial charge in [0.15, 0.2) is 5.15 Å². The van der Waals surface area contributed by atoms with Gasteiger partial charge in [0.05, 0.1) is 12.0 Å². The predicted octanol–water partition coefficient (Wildman–Crippen LogP) is 2.10. The molecule has 3 N–H and O–H groups in total. The van der Waals surface area contributed by atoms with E-state index >= 15 is 0 Å². The highest BCUT2D eigenvalue weighted by Crippen LogP contribution is 2.26. The lowest BCUT2D eigenvalue weighted by atomic mass is 10.2. The van der Waals surface area contributed by atoms with E-state index in [1.54, 1.807) is 30.1 Å². The zero-order valence-electron chi connectivity index (χ0n) is 10.7. The molecule has 0 saturated heterocycles. The molecule has 0 unspecified atom stereocenters. The van der Waals surface area contributed by atoms with Crippen LogP contribution in [0, 0.1) is 6.92 Å². The maximum atomic E-state index is 12.1. The van der Waals surface area contributed by atoms with Crippen LogP contribution in [0.2, 0.25) is 10.3 Å². The van der Waals surface area contributed by atoms with Crippen molar-refractivity contribution in [3.63, 3.8) is 0 Å². The summed E-state index contributed by atoms with van der Waals surface area (Å²) in [6.07, 6.45) is 3.17. The molecule has 2 heterocycles. The number of aryl methyl sites for hydroxylation is 1. The van der Waals surface area contributed by atoms with Gasteiger partial charge in [-0.1, -0.05) is 23.2 Å². The molecule has 0 fully saturated rings. The lowest BCUT2D eigenvalue weighted by Crippen LogP contribution is -2.14. The summed E-state index contributed by atoms with van der Waals surface area (Å²) in [5.41, 5.74) is 6.87. The average molecular weight is 314 g/mol. The molecule has 2 rings (SSSR count). The standard InChI is InChI=1S/C12H13Cl2N5O/c1-7-4-9(13)17-11(14)10(7)18-12(20)8-5-19(3-2-15)6-16-8/h4-6H,2-3,15H2,1H3,(H,18,20). The van der Waals surface area contributed by atoms with Crippen molar-refractivity contribution in [1.29, 1.82) is 0 Å². The lowest BCUT2D eigenvalue weighted by molar-refractivity contribution is 0.102. The Kier molecular flexibility index (Phi) is 4.59. The Morgan fingerprint density at radius 2 is 2.25 bits per heavy atom. The summed E-state index contributed by atoms with van der Waals surface area (Å²) in [5, 5.41) is 3.10. The number of carbonyl (C=O) groups is 1. The number of aromatic nitrogens is 3. The molecular formula is C12H13Cl2N5O. The molecule has 1 amide bonds. The minimum atomic E-state index is -0.366. The highest BCUT2D eigenvalue weighted by Gasteiger charge is 2.14. The molecule has 0 spiro atoms. The number of nitrogens with two attached hydrogens (primary N) is 1. The number of imidazole rings is 1. The molecule has 2 aromatic rings. The van der Waals surface area contributed by atoms with E-state index in [-0.39, 0.29) is 21.9 Å². The summed E-state index contributed by atoms with van der Waals surface area (Å²) in [6, 6.07) is 1.62. The number of hydrogen-bond acceptors (Lipinski definition) is 4. The minimum Gasteiger partial charge on any atom is -0.335 e. The maximum Gasteiger partial charge on any atom is 0.275 e. The van der Waals surface area contributed by atoms with E-state index in [1.807, 2.05) is 0 Å². The summed E-state index contributed by atoms with van der Waals surface area (Å²) in [7, 11) is 0. The van der Waals surface area contributed by atoms with Gasteiger partial charge in [-0.15, -0.1) is 0 Å². The van der Waals surface area contributed by atoms with Gasteiger partial charge < -0.3 is 15.6 Å². The van der Waals surface area contributed by atoms with Crippen molar-refractivity contribution in [2.24, 2.45) is 5.73 Å². The third-order valence-corrected chi connectivity index (χ3v) is 3.10. The van der Waals surface area contributed by atoms with Gasteiger partial charge in [0.25, 0.3) is 5.91 Å². The van der Waals surface area contributed by atoms with Gasteiger partial charge in [-0.2, -0.15) is 0 Å². The van der Waals surface area contributed by atoms with Gasteiger partial charge in [-0.25, -0.2) is 9.97 Å². The van der Waals surface area contributed by atoms with Crippen LogP contribution in [0.3, 0.4) is 0 Å². The van der Waals surface area contributed by atoms with Crippen LogP contribution in [0.25, 0.3) is 0 Å². The summed E-state index contributed by atoms with van der Waals surface area (Å²) in [5.74, 6) is -0.366. The van der Waals surface area contributed by atoms with Crippen LogP contribution in [0.5, 0.6) is 0 Å². The largest absolute Gasteiger partial charge is 0.335 e. The van der Waals surface area contributed by atoms with Gasteiger partial charge in [0.2, 0.25) is 0 Å². The van der Waals surface area contributed by atoms with E-state index in [0.717, 1.165) is 5.56 Å². The number of rotatable bonds is 4. The van der Waals surface area contributed by atoms with Gasteiger partial charge >= 0.3 is 0 Å². The molecule has 0 radical (unpaired) electrons. The second kappa shape index (κ2) is 6.21. The number of amides is 1. The first-order valence-electron chi connectivity index (χ1n) is 5.87. The molecule has 0 aliphatic heterocycles. The molecule has 0 aliphatic rings. The normalized spacial score (nSPS) is 10.6. The first-order chi connectivity index (χ1) is 9.51. The molecule has 0 atom stereocenters. The third kappa shape index (κ3) is 3.27. The lowest BCUT2D eigenvalue weighted by Gasteiger charge is -2.09. The molecule has 20 heavy (non-hydrogen) atoms. The third-order valence-electron chi connectivity index (χ3n) is 2.63. The number of nitrogens with zero attached hydrogens (tertiary/aromatic N) is 3. The Hall–Kier alpha value is -1.63. The quantitative estimate of drug-likeness (QED) is 0.846. The molecule has 6 nitrogen and oxygen atoms in total. The minimum absolute atomic E-state index is 0.143. The molecule has 8 heteroatoms. The van der Waals surface area contributed by atoms with Crippen molar-refractivity contribution in [2.45, 2.75) is 13.5 Å². The van der Waals surface area contributed by atoms with Crippen molar-refractivity contribution in [3.05, 3.63) is 40.2 Å². The van der Waals surface area contributed by atoms with Gasteiger partial charge in [-0.05, 0) is 18.6 Å². The van der Waals surface area contributed by atoms with Crippen molar-refractivity contribution in [2.75, 3.05) is 11.9 Å². The SMILES string of the molecule is Cc1cc(Cl)nc(Cl)c1NC(=O)c1cn(CCN)cn1. The van der Waals surface area contributed by atoms with Crippen molar-refractivity contribution < 1.29 is 4.79 Å². The van der Waals surface area contributed by atoms with E-state index in [2.05, 4.69) is 15.3 Å². The van der Waals surface area contributed by atoms with E-state index in [4.69, 9.17) is 28.9 Å². The molecular weight excluding hydrogens is 301 g/mol. The summed E-state index contributed by atoms with van der Waals surface area (Å²) < 4.78 is 1.74. The highest BCUT2D eigenvalue weighted by molar-refractivity contribution is 6.35. The highest BCUT2D eigenvalue weighted by atomic mass is 35.5. The fraction of sp³-hybridized carbons (Fsp3) is 0.250. The van der Waals surface area contributed by atoms with Crippen LogP contribution in [-0.2, 0) is 6.54 Å². The monoisotopic (exact) mass is 313 g/mol. The van der Waals surface area contributed by atoms with E-state index in [0.29, 0.717) is 18.8 Å². The van der Waals surface area contributed by atoms with Gasteiger partial charge in [0, 0.05) is 19.3 Å². The van der Waals surface area contributed by atoms with Crippen LogP contribution < -0.4 is 11.1 Å². The zero-order chi connectivity index (χ0) is 14.7. The number of carbonyl (C=O) groups excluding carboxylic acids is 1. The van der Waals surface area contributed by atoms with Crippen LogP contribution in [0.4, 0.5) is 5.69 Å². The van der Waals surface area contributed by atoms with Crippen molar-refractivity contribution in [1.82, 2.24) is 14.5 Å². The molecule has 0 bridgehead atoms. The number of hydrogen-bond donors (Lipinski definition) is 2. The Morgan fingerprint density at radius 3 is 2.90 bits per heavy atom. The fourth-order valence-electron chi connectivity index (χ4n) is 1.67. The number of anilines is 1. The first-order valence-corrected chi connectivity index (χ1v) is 6.62. The number of halogens is 2. The molecule has 2 aromatic heterocycles. The summed E-state index contributed by atoms with van der Waals surface area (Å²) in [6.45, 7) is 2.86. The molecule has 0 aliphatic carbocycles. The van der Waals surface area contributed by atoms with Crippen LogP contribution in [0.1, 0.15) is 16.1 Å². The van der Waals surface area contributed by atoms with Crippen LogP contribution >= 0.6 is 23.2 Å². The number of pyridine rings is 1. The summed E-state index contributed by atoms with van der Waals surface area (Å²) in [4.78, 5) is 20.0. The Morgan fingerprint density at radius 1 is 1.50 bits per heavy atom. The Balaban J connectivity index is 2.19. The first kappa shape index (κ1) is 14.8. The summed E-state index contributed by atoms with van der Waals surface area (Å²) >= 11 is 11.7. The second-order valence-electron chi connectivity index (χ2n) is 4.17. The molecule has 106 valence electrons. The van der Waals surface area contributed by atoms with Crippen LogP contribution in [-0.4, -0.2) is 27.0 Å². The van der Waals surface area contributed by atoms with Crippen molar-refractivity contribution >= 4 is 34.8 Å². The molecule has 0 aromatic carbocycles. The van der Waals surface area contributed by atoms with E-state index < -0.39 is 0 Å². The van der Waals surface area contributed by atoms with E-state index in [1.165, 1.54) is 0 Å². The predicted molar refractivity (Wildman–Crippen MR) is 78.2 cm³/mol. The molecule has 0 saturated carbocycles. The Labute approximate surface area is 125 Å². The Bertz CT molecular complexity index is 618.